The second kappa shape index (κ2) is 3.54. The number of benzene rings is 1. The minimum atomic E-state index is -0.863. The van der Waals surface area contributed by atoms with Crippen LogP contribution < -0.4 is 5.73 Å². The molecule has 0 spiro atoms. The summed E-state index contributed by atoms with van der Waals surface area (Å²) in [5.74, 6) is 0. The summed E-state index contributed by atoms with van der Waals surface area (Å²) in [6, 6.07) is 5.68. The molecule has 2 nitrogen and oxygen atoms in total. The van der Waals surface area contributed by atoms with Gasteiger partial charge in [-0.15, -0.1) is 0 Å². The Balaban J connectivity index is 2.52. The summed E-state index contributed by atoms with van der Waals surface area (Å²) >= 11 is 5.91. The molecule has 0 saturated carbocycles. The zero-order valence-corrected chi connectivity index (χ0v) is 8.72. The number of aryl methyl sites for hydroxylation is 1. The van der Waals surface area contributed by atoms with Crippen molar-refractivity contribution in [2.75, 3.05) is 6.54 Å². The van der Waals surface area contributed by atoms with E-state index in [0.29, 0.717) is 5.02 Å². The number of hydrogen-bond donors (Lipinski definition) is 2. The monoisotopic (exact) mass is 211 g/mol. The topological polar surface area (TPSA) is 46.2 Å². The maximum absolute atomic E-state index is 10.3. The van der Waals surface area contributed by atoms with E-state index in [2.05, 4.69) is 0 Å². The molecule has 76 valence electrons. The first-order valence-corrected chi connectivity index (χ1v) is 5.25. The van der Waals surface area contributed by atoms with E-state index in [0.717, 1.165) is 24.8 Å². The predicted molar refractivity (Wildman–Crippen MR) is 57.3 cm³/mol. The molecular weight excluding hydrogens is 198 g/mol. The van der Waals surface area contributed by atoms with Gasteiger partial charge in [-0.2, -0.15) is 0 Å². The average Bonchev–Trinajstić information content (AvgIpc) is 2.20. The van der Waals surface area contributed by atoms with E-state index < -0.39 is 5.60 Å². The standard InChI is InChI=1S/C11H14ClNO/c12-9-4-3-8-2-1-5-11(14,7-13)10(8)6-9/h3-4,6,14H,1-2,5,7,13H2. The first-order valence-electron chi connectivity index (χ1n) is 4.87. The molecule has 1 atom stereocenters. The Morgan fingerprint density at radius 3 is 3.00 bits per heavy atom. The highest BCUT2D eigenvalue weighted by atomic mass is 35.5. The fourth-order valence-electron chi connectivity index (χ4n) is 2.12. The number of nitrogens with two attached hydrogens (primary N) is 1. The lowest BCUT2D eigenvalue weighted by atomic mass is 9.79. The van der Waals surface area contributed by atoms with Gasteiger partial charge in [0.25, 0.3) is 0 Å². The van der Waals surface area contributed by atoms with Gasteiger partial charge in [-0.3, -0.25) is 0 Å². The van der Waals surface area contributed by atoms with E-state index in [1.807, 2.05) is 18.2 Å². The molecule has 0 aliphatic heterocycles. The molecule has 14 heavy (non-hydrogen) atoms. The van der Waals surface area contributed by atoms with Gasteiger partial charge in [0.2, 0.25) is 0 Å². The number of halogens is 1. The van der Waals surface area contributed by atoms with Gasteiger partial charge in [-0.25, -0.2) is 0 Å². The van der Waals surface area contributed by atoms with E-state index in [1.165, 1.54) is 5.56 Å². The fraction of sp³-hybridized carbons (Fsp3) is 0.455. The van der Waals surface area contributed by atoms with E-state index >= 15 is 0 Å². The molecular formula is C11H14ClNO. The summed E-state index contributed by atoms with van der Waals surface area (Å²) in [5.41, 5.74) is 6.84. The van der Waals surface area contributed by atoms with Crippen LogP contribution in [0.2, 0.25) is 5.02 Å². The van der Waals surface area contributed by atoms with Crippen molar-refractivity contribution in [3.63, 3.8) is 0 Å². The van der Waals surface area contributed by atoms with E-state index in [9.17, 15) is 5.11 Å². The van der Waals surface area contributed by atoms with E-state index in [-0.39, 0.29) is 6.54 Å². The lowest BCUT2D eigenvalue weighted by Crippen LogP contribution is -2.38. The van der Waals surface area contributed by atoms with Gasteiger partial charge in [0.15, 0.2) is 0 Å². The second-order valence-corrected chi connectivity index (χ2v) is 4.33. The maximum atomic E-state index is 10.3. The van der Waals surface area contributed by atoms with Crippen LogP contribution in [0.4, 0.5) is 0 Å². The molecule has 1 unspecified atom stereocenters. The molecule has 0 saturated heterocycles. The van der Waals surface area contributed by atoms with Crippen LogP contribution in [0.15, 0.2) is 18.2 Å². The highest BCUT2D eigenvalue weighted by molar-refractivity contribution is 6.30. The van der Waals surface area contributed by atoms with Crippen molar-refractivity contribution in [3.8, 4) is 0 Å². The molecule has 1 aliphatic carbocycles. The molecule has 1 aromatic rings. The van der Waals surface area contributed by atoms with Crippen LogP contribution in [0.3, 0.4) is 0 Å². The predicted octanol–water partition coefficient (Wildman–Crippen LogP) is 1.82. The Bertz CT molecular complexity index is 353. The fourth-order valence-corrected chi connectivity index (χ4v) is 2.29. The first-order chi connectivity index (χ1) is 6.65. The maximum Gasteiger partial charge on any atom is 0.102 e. The molecule has 0 fully saturated rings. The summed E-state index contributed by atoms with van der Waals surface area (Å²) < 4.78 is 0. The van der Waals surface area contributed by atoms with Crippen molar-refractivity contribution >= 4 is 11.6 Å². The Labute approximate surface area is 88.7 Å². The molecule has 0 bridgehead atoms. The Hall–Kier alpha value is -0.570. The smallest absolute Gasteiger partial charge is 0.102 e. The Kier molecular flexibility index (Phi) is 2.52. The number of fused-ring (bicyclic) bond motifs is 1. The largest absolute Gasteiger partial charge is 0.384 e. The van der Waals surface area contributed by atoms with Gasteiger partial charge < -0.3 is 10.8 Å². The van der Waals surface area contributed by atoms with Gasteiger partial charge in [-0.05, 0) is 42.5 Å². The summed E-state index contributed by atoms with van der Waals surface area (Å²) in [7, 11) is 0. The Morgan fingerprint density at radius 2 is 2.29 bits per heavy atom. The third-order valence-corrected chi connectivity index (χ3v) is 3.18. The van der Waals surface area contributed by atoms with Crippen LogP contribution in [0.1, 0.15) is 24.0 Å². The highest BCUT2D eigenvalue weighted by Gasteiger charge is 2.32. The minimum absolute atomic E-state index is 0.264. The number of rotatable bonds is 1. The average molecular weight is 212 g/mol. The van der Waals surface area contributed by atoms with Gasteiger partial charge in [0.1, 0.15) is 5.60 Å². The summed E-state index contributed by atoms with van der Waals surface area (Å²) in [6.45, 7) is 0.264. The van der Waals surface area contributed by atoms with Crippen LogP contribution >= 0.6 is 11.6 Å². The van der Waals surface area contributed by atoms with Gasteiger partial charge in [-0.1, -0.05) is 17.7 Å². The normalized spacial score (nSPS) is 25.9. The van der Waals surface area contributed by atoms with Crippen molar-refractivity contribution in [1.29, 1.82) is 0 Å². The lowest BCUT2D eigenvalue weighted by molar-refractivity contribution is 0.0280. The lowest BCUT2D eigenvalue weighted by Gasteiger charge is -2.33. The van der Waals surface area contributed by atoms with Crippen molar-refractivity contribution in [2.45, 2.75) is 24.9 Å². The third-order valence-electron chi connectivity index (χ3n) is 2.95. The summed E-state index contributed by atoms with van der Waals surface area (Å²) in [6.07, 6.45) is 2.73. The second-order valence-electron chi connectivity index (χ2n) is 3.89. The van der Waals surface area contributed by atoms with E-state index in [4.69, 9.17) is 17.3 Å². The summed E-state index contributed by atoms with van der Waals surface area (Å²) in [4.78, 5) is 0. The van der Waals surface area contributed by atoms with Gasteiger partial charge in [0.05, 0.1) is 0 Å². The zero-order chi connectivity index (χ0) is 10.2. The Morgan fingerprint density at radius 1 is 1.50 bits per heavy atom. The first kappa shape index (κ1) is 9.97. The summed E-state index contributed by atoms with van der Waals surface area (Å²) in [5, 5.41) is 10.9. The number of hydrogen-bond acceptors (Lipinski definition) is 2. The van der Waals surface area contributed by atoms with Crippen molar-refractivity contribution in [1.82, 2.24) is 0 Å². The molecule has 3 heteroatoms. The van der Waals surface area contributed by atoms with Gasteiger partial charge >= 0.3 is 0 Å². The van der Waals surface area contributed by atoms with Crippen LogP contribution in [-0.4, -0.2) is 11.7 Å². The SMILES string of the molecule is NCC1(O)CCCc2ccc(Cl)cc21. The van der Waals surface area contributed by atoms with Crippen LogP contribution in [0.5, 0.6) is 0 Å². The van der Waals surface area contributed by atoms with E-state index in [1.54, 1.807) is 0 Å². The van der Waals surface area contributed by atoms with Gasteiger partial charge in [0, 0.05) is 11.6 Å². The molecule has 0 amide bonds. The molecule has 1 aliphatic rings. The van der Waals surface area contributed by atoms with Crippen molar-refractivity contribution in [2.24, 2.45) is 5.73 Å². The minimum Gasteiger partial charge on any atom is -0.384 e. The molecule has 0 heterocycles. The van der Waals surface area contributed by atoms with Crippen LogP contribution in [-0.2, 0) is 12.0 Å². The third kappa shape index (κ3) is 1.54. The molecule has 1 aromatic carbocycles. The molecule has 0 radical (unpaired) electrons. The van der Waals surface area contributed by atoms with Crippen molar-refractivity contribution in [3.05, 3.63) is 34.3 Å². The quantitative estimate of drug-likeness (QED) is 0.745. The van der Waals surface area contributed by atoms with Crippen LogP contribution in [0, 0.1) is 0 Å². The zero-order valence-electron chi connectivity index (χ0n) is 7.96. The molecule has 0 aromatic heterocycles. The van der Waals surface area contributed by atoms with Crippen molar-refractivity contribution < 1.29 is 5.11 Å². The van der Waals surface area contributed by atoms with Crippen LogP contribution in [0.25, 0.3) is 0 Å². The number of aliphatic hydroxyl groups is 1. The molecule has 3 N–H and O–H groups in total. The molecule has 2 rings (SSSR count). The highest BCUT2D eigenvalue weighted by Crippen LogP contribution is 2.35.